The van der Waals surface area contributed by atoms with Gasteiger partial charge in [0.15, 0.2) is 0 Å². The third kappa shape index (κ3) is 2.96. The van der Waals surface area contributed by atoms with Crippen molar-refractivity contribution in [2.75, 3.05) is 26.8 Å². The smallest absolute Gasteiger partial charge is 0.0622 e. The second-order valence-corrected chi connectivity index (χ2v) is 5.70. The lowest BCUT2D eigenvalue weighted by Crippen LogP contribution is -2.41. The summed E-state index contributed by atoms with van der Waals surface area (Å²) >= 11 is 0. The van der Waals surface area contributed by atoms with Crippen molar-refractivity contribution in [1.29, 1.82) is 0 Å². The van der Waals surface area contributed by atoms with Crippen molar-refractivity contribution in [2.24, 2.45) is 11.8 Å². The van der Waals surface area contributed by atoms with E-state index in [2.05, 4.69) is 18.9 Å². The predicted molar refractivity (Wildman–Crippen MR) is 64.4 cm³/mol. The lowest BCUT2D eigenvalue weighted by molar-refractivity contribution is 0.0265. The zero-order valence-corrected chi connectivity index (χ0v) is 10.6. The average molecular weight is 227 g/mol. The van der Waals surface area contributed by atoms with Gasteiger partial charge in [0.1, 0.15) is 0 Å². The third-order valence-electron chi connectivity index (χ3n) is 4.26. The van der Waals surface area contributed by atoms with E-state index >= 15 is 0 Å². The number of aliphatic hydroxyl groups is 1. The molecule has 1 heterocycles. The molecule has 94 valence electrons. The average Bonchev–Trinajstić information content (AvgIpc) is 2.76. The molecule has 1 aliphatic heterocycles. The van der Waals surface area contributed by atoms with Crippen molar-refractivity contribution in [3.63, 3.8) is 0 Å². The summed E-state index contributed by atoms with van der Waals surface area (Å²) in [5, 5.41) is 10.0. The van der Waals surface area contributed by atoms with E-state index in [1.54, 1.807) is 0 Å². The van der Waals surface area contributed by atoms with E-state index in [4.69, 9.17) is 4.74 Å². The van der Waals surface area contributed by atoms with E-state index in [1.165, 1.54) is 12.8 Å². The Morgan fingerprint density at radius 3 is 2.81 bits per heavy atom. The zero-order valence-electron chi connectivity index (χ0n) is 10.6. The van der Waals surface area contributed by atoms with Crippen LogP contribution in [-0.4, -0.2) is 49.0 Å². The molecule has 0 aromatic rings. The van der Waals surface area contributed by atoms with Crippen LogP contribution in [0.1, 0.15) is 32.6 Å². The number of aliphatic hydroxyl groups excluding tert-OH is 1. The van der Waals surface area contributed by atoms with Crippen LogP contribution >= 0.6 is 0 Å². The molecule has 0 aromatic carbocycles. The topological polar surface area (TPSA) is 32.7 Å². The van der Waals surface area contributed by atoms with Crippen LogP contribution in [0.15, 0.2) is 0 Å². The molecule has 3 nitrogen and oxygen atoms in total. The summed E-state index contributed by atoms with van der Waals surface area (Å²) in [5.74, 6) is 1.25. The normalized spacial score (nSPS) is 40.5. The molecular formula is C13H25NO2. The molecule has 4 atom stereocenters. The minimum absolute atomic E-state index is 0.0824. The van der Waals surface area contributed by atoms with Crippen LogP contribution < -0.4 is 0 Å². The van der Waals surface area contributed by atoms with E-state index in [1.807, 2.05) is 0 Å². The Balaban J connectivity index is 1.82. The van der Waals surface area contributed by atoms with Crippen LogP contribution in [0.25, 0.3) is 0 Å². The molecule has 0 aromatic heterocycles. The minimum Gasteiger partial charge on any atom is -0.393 e. The van der Waals surface area contributed by atoms with Gasteiger partial charge in [0.2, 0.25) is 0 Å². The quantitative estimate of drug-likeness (QED) is 0.793. The number of ether oxygens (including phenoxy) is 1. The predicted octanol–water partition coefficient (Wildman–Crippen LogP) is 1.50. The summed E-state index contributed by atoms with van der Waals surface area (Å²) in [6.45, 7) is 5.10. The standard InChI is InChI=1S/C13H25NO2/c1-10-3-4-13(15)11(7-10)8-14(2)12-5-6-16-9-12/h10-13,15H,3-9H2,1-2H3. The molecule has 0 amide bonds. The molecule has 4 unspecified atom stereocenters. The molecule has 1 N–H and O–H groups in total. The summed E-state index contributed by atoms with van der Waals surface area (Å²) in [6, 6.07) is 0.574. The lowest BCUT2D eigenvalue weighted by Gasteiger charge is -2.35. The molecule has 2 aliphatic rings. The Morgan fingerprint density at radius 2 is 2.12 bits per heavy atom. The summed E-state index contributed by atoms with van der Waals surface area (Å²) in [4.78, 5) is 2.39. The first kappa shape index (κ1) is 12.3. The van der Waals surface area contributed by atoms with E-state index in [0.29, 0.717) is 12.0 Å². The van der Waals surface area contributed by atoms with Crippen LogP contribution in [0, 0.1) is 11.8 Å². The number of hydrogen-bond donors (Lipinski definition) is 1. The van der Waals surface area contributed by atoms with Crippen LogP contribution in [0.3, 0.4) is 0 Å². The number of hydrogen-bond acceptors (Lipinski definition) is 3. The molecule has 1 aliphatic carbocycles. The fraction of sp³-hybridized carbons (Fsp3) is 1.00. The maximum Gasteiger partial charge on any atom is 0.0622 e. The van der Waals surface area contributed by atoms with Gasteiger partial charge in [0.05, 0.1) is 12.7 Å². The fourth-order valence-electron chi connectivity index (χ4n) is 3.07. The molecule has 3 heteroatoms. The van der Waals surface area contributed by atoms with Crippen molar-refractivity contribution in [3.05, 3.63) is 0 Å². The Morgan fingerprint density at radius 1 is 1.31 bits per heavy atom. The van der Waals surface area contributed by atoms with E-state index in [0.717, 1.165) is 38.5 Å². The van der Waals surface area contributed by atoms with E-state index < -0.39 is 0 Å². The molecule has 0 spiro atoms. The highest BCUT2D eigenvalue weighted by Crippen LogP contribution is 2.30. The number of nitrogens with zero attached hydrogens (tertiary/aromatic N) is 1. The van der Waals surface area contributed by atoms with Crippen molar-refractivity contribution < 1.29 is 9.84 Å². The Hall–Kier alpha value is -0.120. The highest BCUT2D eigenvalue weighted by molar-refractivity contribution is 4.82. The van der Waals surface area contributed by atoms with Gasteiger partial charge in [0, 0.05) is 19.2 Å². The van der Waals surface area contributed by atoms with E-state index in [-0.39, 0.29) is 6.10 Å². The number of likely N-dealkylation sites (N-methyl/N-ethyl adjacent to an activating group) is 1. The van der Waals surface area contributed by atoms with Crippen molar-refractivity contribution in [2.45, 2.75) is 44.8 Å². The fourth-order valence-corrected chi connectivity index (χ4v) is 3.07. The van der Waals surface area contributed by atoms with Gasteiger partial charge in [-0.15, -0.1) is 0 Å². The summed E-state index contributed by atoms with van der Waals surface area (Å²) in [7, 11) is 2.17. The van der Waals surface area contributed by atoms with Gasteiger partial charge < -0.3 is 14.7 Å². The monoisotopic (exact) mass is 227 g/mol. The van der Waals surface area contributed by atoms with Gasteiger partial charge in [-0.25, -0.2) is 0 Å². The van der Waals surface area contributed by atoms with Gasteiger partial charge in [0.25, 0.3) is 0 Å². The van der Waals surface area contributed by atoms with Gasteiger partial charge in [-0.3, -0.25) is 0 Å². The summed E-state index contributed by atoms with van der Waals surface area (Å²) in [5.41, 5.74) is 0. The van der Waals surface area contributed by atoms with Crippen LogP contribution in [-0.2, 0) is 4.74 Å². The Labute approximate surface area is 98.8 Å². The maximum atomic E-state index is 10.0. The molecule has 1 saturated heterocycles. The molecular weight excluding hydrogens is 202 g/mol. The molecule has 16 heavy (non-hydrogen) atoms. The first-order valence-corrected chi connectivity index (χ1v) is 6.63. The first-order valence-electron chi connectivity index (χ1n) is 6.63. The number of rotatable bonds is 3. The molecule has 2 fully saturated rings. The molecule has 2 rings (SSSR count). The Kier molecular flexibility index (Phi) is 4.22. The molecule has 0 radical (unpaired) electrons. The minimum atomic E-state index is -0.0824. The SMILES string of the molecule is CC1CCC(O)C(CN(C)C2CCOC2)C1. The molecule has 0 bridgehead atoms. The van der Waals surface area contributed by atoms with Crippen LogP contribution in [0.2, 0.25) is 0 Å². The zero-order chi connectivity index (χ0) is 11.5. The second-order valence-electron chi connectivity index (χ2n) is 5.70. The van der Waals surface area contributed by atoms with Gasteiger partial charge in [-0.1, -0.05) is 6.92 Å². The highest BCUT2D eigenvalue weighted by Gasteiger charge is 2.30. The summed E-state index contributed by atoms with van der Waals surface area (Å²) in [6.07, 6.45) is 4.42. The highest BCUT2D eigenvalue weighted by atomic mass is 16.5. The van der Waals surface area contributed by atoms with Gasteiger partial charge in [-0.05, 0) is 44.6 Å². The van der Waals surface area contributed by atoms with Gasteiger partial charge >= 0.3 is 0 Å². The lowest BCUT2D eigenvalue weighted by atomic mass is 9.80. The maximum absolute atomic E-state index is 10.0. The van der Waals surface area contributed by atoms with Crippen LogP contribution in [0.5, 0.6) is 0 Å². The van der Waals surface area contributed by atoms with Crippen molar-refractivity contribution in [3.8, 4) is 0 Å². The third-order valence-corrected chi connectivity index (χ3v) is 4.26. The van der Waals surface area contributed by atoms with E-state index in [9.17, 15) is 5.11 Å². The Bertz CT molecular complexity index is 216. The summed E-state index contributed by atoms with van der Waals surface area (Å²) < 4.78 is 5.41. The largest absolute Gasteiger partial charge is 0.393 e. The van der Waals surface area contributed by atoms with Crippen molar-refractivity contribution in [1.82, 2.24) is 4.90 Å². The van der Waals surface area contributed by atoms with Gasteiger partial charge in [-0.2, -0.15) is 0 Å². The first-order chi connectivity index (χ1) is 7.66. The molecule has 1 saturated carbocycles. The van der Waals surface area contributed by atoms with Crippen LogP contribution in [0.4, 0.5) is 0 Å². The van der Waals surface area contributed by atoms with Crippen molar-refractivity contribution >= 4 is 0 Å². The second kappa shape index (κ2) is 5.48.